The summed E-state index contributed by atoms with van der Waals surface area (Å²) in [6, 6.07) is 30.8. The molecular formula is C32H29F3N4. The summed E-state index contributed by atoms with van der Waals surface area (Å²) < 4.78 is 38.5. The second-order valence-electron chi connectivity index (χ2n) is 8.57. The van der Waals surface area contributed by atoms with Crippen LogP contribution in [0.1, 0.15) is 31.9 Å². The van der Waals surface area contributed by atoms with Crippen LogP contribution >= 0.6 is 0 Å². The van der Waals surface area contributed by atoms with Crippen molar-refractivity contribution < 1.29 is 13.2 Å². The zero-order valence-corrected chi connectivity index (χ0v) is 22.1. The fourth-order valence-corrected chi connectivity index (χ4v) is 4.23. The number of hydrogen-bond donors (Lipinski definition) is 1. The van der Waals surface area contributed by atoms with Crippen molar-refractivity contribution in [1.29, 1.82) is 10.5 Å². The molecule has 0 aliphatic carbocycles. The van der Waals surface area contributed by atoms with Crippen LogP contribution in [0.3, 0.4) is 0 Å². The van der Waals surface area contributed by atoms with E-state index >= 15 is 0 Å². The molecule has 4 rings (SSSR count). The van der Waals surface area contributed by atoms with Gasteiger partial charge in [0.25, 0.3) is 0 Å². The molecule has 198 valence electrons. The highest BCUT2D eigenvalue weighted by molar-refractivity contribution is 5.85. The van der Waals surface area contributed by atoms with Crippen LogP contribution in [0.15, 0.2) is 91.0 Å². The van der Waals surface area contributed by atoms with Crippen molar-refractivity contribution in [2.45, 2.75) is 26.9 Å². The molecule has 0 bridgehead atoms. The first-order valence-electron chi connectivity index (χ1n) is 12.5. The van der Waals surface area contributed by atoms with Gasteiger partial charge in [-0.25, -0.2) is 0 Å². The quantitative estimate of drug-likeness (QED) is 0.261. The number of benzene rings is 4. The smallest absolute Gasteiger partial charge is 0.371 e. The van der Waals surface area contributed by atoms with E-state index in [-0.39, 0.29) is 0 Å². The van der Waals surface area contributed by atoms with Crippen molar-refractivity contribution in [2.75, 3.05) is 23.3 Å². The fourth-order valence-electron chi connectivity index (χ4n) is 4.23. The molecule has 0 heterocycles. The standard InChI is InChI=1S/C30H26F3N3.C2H3N/c1-3-36(4-2)29-19-23(21-8-6-5-7-9-21)18-27(28(29)20-34)22-10-14-25(15-11-22)35-26-16-12-24(13-17-26)30(31,32)33;1-2-3/h5-19,35H,3-4H2,1-2H3;1H3. The summed E-state index contributed by atoms with van der Waals surface area (Å²) in [7, 11) is 0. The molecule has 0 atom stereocenters. The molecule has 0 saturated carbocycles. The van der Waals surface area contributed by atoms with Gasteiger partial charge in [0.15, 0.2) is 0 Å². The van der Waals surface area contributed by atoms with Gasteiger partial charge in [-0.2, -0.15) is 23.7 Å². The van der Waals surface area contributed by atoms with Crippen molar-refractivity contribution in [3.8, 4) is 34.4 Å². The zero-order valence-electron chi connectivity index (χ0n) is 22.1. The van der Waals surface area contributed by atoms with Gasteiger partial charge < -0.3 is 10.2 Å². The summed E-state index contributed by atoms with van der Waals surface area (Å²) in [6.07, 6.45) is -4.36. The molecule has 0 spiro atoms. The Hall–Kier alpha value is -4.75. The fraction of sp³-hybridized carbons (Fsp3) is 0.188. The van der Waals surface area contributed by atoms with Crippen LogP contribution in [0.4, 0.5) is 30.2 Å². The predicted molar refractivity (Wildman–Crippen MR) is 152 cm³/mol. The number of hydrogen-bond acceptors (Lipinski definition) is 4. The molecule has 0 radical (unpaired) electrons. The third-order valence-electron chi connectivity index (χ3n) is 6.14. The molecule has 39 heavy (non-hydrogen) atoms. The van der Waals surface area contributed by atoms with Crippen LogP contribution in [0.5, 0.6) is 0 Å². The number of nitrogens with one attached hydrogen (secondary N) is 1. The molecule has 0 aliphatic heterocycles. The number of nitrogens with zero attached hydrogens (tertiary/aromatic N) is 3. The first kappa shape index (κ1) is 28.8. The van der Waals surface area contributed by atoms with Crippen LogP contribution in [-0.2, 0) is 6.18 Å². The molecule has 4 aromatic carbocycles. The van der Waals surface area contributed by atoms with Crippen LogP contribution in [0.2, 0.25) is 0 Å². The molecular weight excluding hydrogens is 497 g/mol. The Morgan fingerprint density at radius 1 is 0.744 bits per heavy atom. The van der Waals surface area contributed by atoms with E-state index < -0.39 is 11.7 Å². The van der Waals surface area contributed by atoms with E-state index in [9.17, 15) is 18.4 Å². The molecule has 1 N–H and O–H groups in total. The molecule has 0 aliphatic rings. The van der Waals surface area contributed by atoms with Gasteiger partial charge in [-0.05, 0) is 79.1 Å². The SMILES string of the molecule is CC#N.CCN(CC)c1cc(-c2ccccc2)cc(-c2ccc(Nc3ccc(C(F)(F)F)cc3)cc2)c1C#N. The van der Waals surface area contributed by atoms with Crippen LogP contribution in [0.25, 0.3) is 22.3 Å². The Labute approximate surface area is 227 Å². The lowest BCUT2D eigenvalue weighted by Crippen LogP contribution is -2.23. The van der Waals surface area contributed by atoms with Crippen molar-refractivity contribution in [1.82, 2.24) is 0 Å². The maximum absolute atomic E-state index is 12.8. The largest absolute Gasteiger partial charge is 0.416 e. The molecule has 7 heteroatoms. The summed E-state index contributed by atoms with van der Waals surface area (Å²) in [4.78, 5) is 2.18. The lowest BCUT2D eigenvalue weighted by atomic mass is 9.93. The Morgan fingerprint density at radius 2 is 1.28 bits per heavy atom. The maximum Gasteiger partial charge on any atom is 0.416 e. The summed E-state index contributed by atoms with van der Waals surface area (Å²) in [5, 5.41) is 20.6. The minimum absolute atomic E-state index is 0.559. The zero-order chi connectivity index (χ0) is 28.4. The highest BCUT2D eigenvalue weighted by Gasteiger charge is 2.29. The number of rotatable bonds is 7. The topological polar surface area (TPSA) is 62.9 Å². The normalized spacial score (nSPS) is 10.5. The Kier molecular flexibility index (Phi) is 9.73. The number of anilines is 3. The van der Waals surface area contributed by atoms with Crippen LogP contribution in [-0.4, -0.2) is 13.1 Å². The molecule has 0 saturated heterocycles. The van der Waals surface area contributed by atoms with Crippen LogP contribution < -0.4 is 10.2 Å². The van der Waals surface area contributed by atoms with Gasteiger partial charge in [0.2, 0.25) is 0 Å². The van der Waals surface area contributed by atoms with Gasteiger partial charge in [0, 0.05) is 37.0 Å². The number of halogens is 3. The van der Waals surface area contributed by atoms with Crippen molar-refractivity contribution in [2.24, 2.45) is 0 Å². The monoisotopic (exact) mass is 526 g/mol. The van der Waals surface area contributed by atoms with Gasteiger partial charge in [-0.3, -0.25) is 0 Å². The van der Waals surface area contributed by atoms with E-state index in [4.69, 9.17) is 5.26 Å². The average molecular weight is 527 g/mol. The van der Waals surface area contributed by atoms with Gasteiger partial charge in [0.05, 0.1) is 22.9 Å². The number of alkyl halides is 3. The van der Waals surface area contributed by atoms with Crippen molar-refractivity contribution >= 4 is 17.1 Å². The lowest BCUT2D eigenvalue weighted by molar-refractivity contribution is -0.137. The molecule has 4 nitrogen and oxygen atoms in total. The van der Waals surface area contributed by atoms with Crippen molar-refractivity contribution in [3.63, 3.8) is 0 Å². The van der Waals surface area contributed by atoms with Crippen LogP contribution in [0, 0.1) is 22.7 Å². The van der Waals surface area contributed by atoms with E-state index in [1.54, 1.807) is 6.07 Å². The second kappa shape index (κ2) is 13.2. The van der Waals surface area contributed by atoms with E-state index in [0.29, 0.717) is 11.3 Å². The van der Waals surface area contributed by atoms with Gasteiger partial charge in [-0.1, -0.05) is 42.5 Å². The third-order valence-corrected chi connectivity index (χ3v) is 6.14. The minimum atomic E-state index is -4.36. The third kappa shape index (κ3) is 7.18. The summed E-state index contributed by atoms with van der Waals surface area (Å²) in [5.74, 6) is 0. The van der Waals surface area contributed by atoms with E-state index in [1.807, 2.05) is 60.7 Å². The molecule has 0 unspecified atom stereocenters. The number of nitriles is 2. The molecule has 0 amide bonds. The first-order valence-corrected chi connectivity index (χ1v) is 12.5. The summed E-state index contributed by atoms with van der Waals surface area (Å²) in [5.41, 5.74) is 5.93. The van der Waals surface area contributed by atoms with E-state index in [2.05, 4.69) is 36.2 Å². The Bertz CT molecular complexity index is 1440. The Morgan fingerprint density at radius 3 is 1.77 bits per heavy atom. The van der Waals surface area contributed by atoms with Gasteiger partial charge in [-0.15, -0.1) is 0 Å². The minimum Gasteiger partial charge on any atom is -0.371 e. The van der Waals surface area contributed by atoms with Gasteiger partial charge >= 0.3 is 6.18 Å². The molecule has 4 aromatic rings. The summed E-state index contributed by atoms with van der Waals surface area (Å²) >= 11 is 0. The highest BCUT2D eigenvalue weighted by atomic mass is 19.4. The molecule has 0 fully saturated rings. The lowest BCUT2D eigenvalue weighted by Gasteiger charge is -2.25. The highest BCUT2D eigenvalue weighted by Crippen LogP contribution is 2.37. The second-order valence-corrected chi connectivity index (χ2v) is 8.57. The van der Waals surface area contributed by atoms with Gasteiger partial charge in [0.1, 0.15) is 6.07 Å². The predicted octanol–water partition coefficient (Wildman–Crippen LogP) is 9.03. The maximum atomic E-state index is 12.8. The van der Waals surface area contributed by atoms with E-state index in [1.165, 1.54) is 19.1 Å². The van der Waals surface area contributed by atoms with E-state index in [0.717, 1.165) is 58.9 Å². The Balaban J connectivity index is 0.00000134. The van der Waals surface area contributed by atoms with Crippen molar-refractivity contribution in [3.05, 3.63) is 102 Å². The molecule has 0 aromatic heterocycles. The summed E-state index contributed by atoms with van der Waals surface area (Å²) in [6.45, 7) is 7.13. The first-order chi connectivity index (χ1) is 18.7. The average Bonchev–Trinajstić information content (AvgIpc) is 2.94.